The molecule has 0 amide bonds. The Morgan fingerprint density at radius 3 is 2.68 bits per heavy atom. The molecule has 3 heteroatoms. The molecule has 1 saturated heterocycles. The zero-order valence-electron chi connectivity index (χ0n) is 12.2. The third kappa shape index (κ3) is 3.15. The first-order valence-electron chi connectivity index (χ1n) is 7.23. The molecule has 2 nitrogen and oxygen atoms in total. The zero-order valence-corrected chi connectivity index (χ0v) is 12.2. The first kappa shape index (κ1) is 14.5. The molecule has 19 heavy (non-hydrogen) atoms. The molecular weight excluding hydrogens is 239 g/mol. The average molecular weight is 264 g/mol. The largest absolute Gasteiger partial charge is 0.329 e. The highest BCUT2D eigenvalue weighted by molar-refractivity contribution is 5.26. The molecule has 0 aliphatic carbocycles. The van der Waals surface area contributed by atoms with Crippen molar-refractivity contribution in [3.8, 4) is 0 Å². The first-order chi connectivity index (χ1) is 9.02. The van der Waals surface area contributed by atoms with E-state index in [0.717, 1.165) is 24.6 Å². The standard InChI is InChI=1S/C16H25FN2/c1-11-6-7-19(10-13(11)3)16(9-18)14-5-4-12(2)15(17)8-14/h4-5,8,11,13,16H,6-7,9-10,18H2,1-3H3. The predicted molar refractivity (Wildman–Crippen MR) is 77.5 cm³/mol. The minimum absolute atomic E-state index is 0.130. The highest BCUT2D eigenvalue weighted by atomic mass is 19.1. The summed E-state index contributed by atoms with van der Waals surface area (Å²) in [7, 11) is 0. The summed E-state index contributed by atoms with van der Waals surface area (Å²) in [5.74, 6) is 1.32. The maximum atomic E-state index is 13.7. The fourth-order valence-electron chi connectivity index (χ4n) is 2.89. The van der Waals surface area contributed by atoms with Gasteiger partial charge in [-0.25, -0.2) is 4.39 Å². The van der Waals surface area contributed by atoms with Gasteiger partial charge in [0.25, 0.3) is 0 Å². The van der Waals surface area contributed by atoms with E-state index in [9.17, 15) is 4.39 Å². The molecule has 1 aliphatic rings. The van der Waals surface area contributed by atoms with Gasteiger partial charge in [0, 0.05) is 19.1 Å². The van der Waals surface area contributed by atoms with Crippen LogP contribution in [0, 0.1) is 24.6 Å². The van der Waals surface area contributed by atoms with Crippen LogP contribution in [0.4, 0.5) is 4.39 Å². The number of piperidine rings is 1. The van der Waals surface area contributed by atoms with Crippen LogP contribution >= 0.6 is 0 Å². The van der Waals surface area contributed by atoms with Crippen LogP contribution in [0.3, 0.4) is 0 Å². The van der Waals surface area contributed by atoms with E-state index in [1.165, 1.54) is 6.42 Å². The van der Waals surface area contributed by atoms with E-state index in [4.69, 9.17) is 5.73 Å². The van der Waals surface area contributed by atoms with Gasteiger partial charge in [0.15, 0.2) is 0 Å². The van der Waals surface area contributed by atoms with E-state index in [2.05, 4.69) is 18.7 Å². The van der Waals surface area contributed by atoms with Crippen molar-refractivity contribution in [2.75, 3.05) is 19.6 Å². The van der Waals surface area contributed by atoms with E-state index in [0.29, 0.717) is 18.0 Å². The summed E-state index contributed by atoms with van der Waals surface area (Å²) in [6.45, 7) is 9.05. The van der Waals surface area contributed by atoms with Crippen LogP contribution in [0.5, 0.6) is 0 Å². The Labute approximate surface area is 115 Å². The molecule has 1 aromatic carbocycles. The van der Waals surface area contributed by atoms with Crippen molar-refractivity contribution in [1.29, 1.82) is 0 Å². The third-order valence-electron chi connectivity index (χ3n) is 4.61. The van der Waals surface area contributed by atoms with Crippen LogP contribution in [0.15, 0.2) is 18.2 Å². The van der Waals surface area contributed by atoms with Crippen LogP contribution in [-0.4, -0.2) is 24.5 Å². The van der Waals surface area contributed by atoms with Crippen LogP contribution in [0.2, 0.25) is 0 Å². The Balaban J connectivity index is 2.17. The lowest BCUT2D eigenvalue weighted by molar-refractivity contribution is 0.0981. The van der Waals surface area contributed by atoms with Gasteiger partial charge in [0.05, 0.1) is 0 Å². The summed E-state index contributed by atoms with van der Waals surface area (Å²) in [4.78, 5) is 2.41. The van der Waals surface area contributed by atoms with E-state index in [1.807, 2.05) is 12.1 Å². The molecule has 1 fully saturated rings. The average Bonchev–Trinajstić information content (AvgIpc) is 2.39. The minimum Gasteiger partial charge on any atom is -0.329 e. The fraction of sp³-hybridized carbons (Fsp3) is 0.625. The SMILES string of the molecule is Cc1ccc(C(CN)N2CCC(C)C(C)C2)cc1F. The Morgan fingerprint density at radius 2 is 2.11 bits per heavy atom. The highest BCUT2D eigenvalue weighted by Crippen LogP contribution is 2.29. The second-order valence-corrected chi connectivity index (χ2v) is 6.00. The Morgan fingerprint density at radius 1 is 1.37 bits per heavy atom. The number of hydrogen-bond acceptors (Lipinski definition) is 2. The molecule has 3 atom stereocenters. The summed E-state index contributed by atoms with van der Waals surface area (Å²) in [5.41, 5.74) is 7.64. The lowest BCUT2D eigenvalue weighted by atomic mass is 9.87. The molecule has 1 aliphatic heterocycles. The summed E-state index contributed by atoms with van der Waals surface area (Å²) >= 11 is 0. The second kappa shape index (κ2) is 6.02. The van der Waals surface area contributed by atoms with Gasteiger partial charge in [-0.2, -0.15) is 0 Å². The Bertz CT molecular complexity index is 433. The molecule has 1 aromatic rings. The lowest BCUT2D eigenvalue weighted by Crippen LogP contribution is -2.43. The van der Waals surface area contributed by atoms with Crippen LogP contribution in [0.25, 0.3) is 0 Å². The number of halogens is 1. The molecule has 106 valence electrons. The van der Waals surface area contributed by atoms with Gasteiger partial charge in [-0.1, -0.05) is 26.0 Å². The normalized spacial score (nSPS) is 26.4. The number of rotatable bonds is 3. The van der Waals surface area contributed by atoms with Crippen molar-refractivity contribution in [3.05, 3.63) is 35.1 Å². The number of aryl methyl sites for hydroxylation is 1. The van der Waals surface area contributed by atoms with Crippen LogP contribution < -0.4 is 5.73 Å². The van der Waals surface area contributed by atoms with Gasteiger partial charge in [-0.15, -0.1) is 0 Å². The van der Waals surface area contributed by atoms with Crippen LogP contribution in [0.1, 0.15) is 37.4 Å². The lowest BCUT2D eigenvalue weighted by Gasteiger charge is -2.40. The quantitative estimate of drug-likeness (QED) is 0.909. The molecular formula is C16H25FN2. The summed E-state index contributed by atoms with van der Waals surface area (Å²) in [6, 6.07) is 5.66. The van der Waals surface area contributed by atoms with Crippen molar-refractivity contribution < 1.29 is 4.39 Å². The highest BCUT2D eigenvalue weighted by Gasteiger charge is 2.28. The summed E-state index contributed by atoms with van der Waals surface area (Å²) in [5, 5.41) is 0. The smallest absolute Gasteiger partial charge is 0.126 e. The van der Waals surface area contributed by atoms with Crippen molar-refractivity contribution in [2.24, 2.45) is 17.6 Å². The summed E-state index contributed by atoms with van der Waals surface area (Å²) in [6.07, 6.45) is 1.20. The molecule has 0 radical (unpaired) electrons. The number of likely N-dealkylation sites (tertiary alicyclic amines) is 1. The Hall–Kier alpha value is -0.930. The molecule has 0 saturated carbocycles. The Kier molecular flexibility index (Phi) is 4.58. The summed E-state index contributed by atoms with van der Waals surface area (Å²) < 4.78 is 13.7. The number of nitrogens with two attached hydrogens (primary N) is 1. The zero-order chi connectivity index (χ0) is 14.0. The van der Waals surface area contributed by atoms with E-state index in [-0.39, 0.29) is 11.9 Å². The number of benzene rings is 1. The second-order valence-electron chi connectivity index (χ2n) is 6.00. The molecule has 2 N–H and O–H groups in total. The third-order valence-corrected chi connectivity index (χ3v) is 4.61. The molecule has 2 rings (SSSR count). The maximum absolute atomic E-state index is 13.7. The number of nitrogens with zero attached hydrogens (tertiary/aromatic N) is 1. The molecule has 0 spiro atoms. The topological polar surface area (TPSA) is 29.3 Å². The van der Waals surface area contributed by atoms with Gasteiger partial charge in [-0.05, 0) is 48.9 Å². The van der Waals surface area contributed by atoms with Crippen molar-refractivity contribution in [3.63, 3.8) is 0 Å². The van der Waals surface area contributed by atoms with Gasteiger partial charge in [0.2, 0.25) is 0 Å². The molecule has 0 aromatic heterocycles. The van der Waals surface area contributed by atoms with Crippen LogP contribution in [-0.2, 0) is 0 Å². The first-order valence-corrected chi connectivity index (χ1v) is 7.23. The maximum Gasteiger partial charge on any atom is 0.126 e. The van der Waals surface area contributed by atoms with Gasteiger partial charge in [0.1, 0.15) is 5.82 Å². The van der Waals surface area contributed by atoms with Gasteiger partial charge < -0.3 is 5.73 Å². The van der Waals surface area contributed by atoms with Gasteiger partial charge in [-0.3, -0.25) is 4.90 Å². The van der Waals surface area contributed by atoms with Crippen molar-refractivity contribution >= 4 is 0 Å². The van der Waals surface area contributed by atoms with E-state index < -0.39 is 0 Å². The molecule has 3 unspecified atom stereocenters. The van der Waals surface area contributed by atoms with Crippen molar-refractivity contribution in [1.82, 2.24) is 4.90 Å². The fourth-order valence-corrected chi connectivity index (χ4v) is 2.89. The predicted octanol–water partition coefficient (Wildman–Crippen LogP) is 3.11. The van der Waals surface area contributed by atoms with Gasteiger partial charge >= 0.3 is 0 Å². The van der Waals surface area contributed by atoms with E-state index >= 15 is 0 Å². The molecule has 0 bridgehead atoms. The minimum atomic E-state index is -0.130. The monoisotopic (exact) mass is 264 g/mol. The number of hydrogen-bond donors (Lipinski definition) is 1. The van der Waals surface area contributed by atoms with E-state index in [1.54, 1.807) is 13.0 Å². The van der Waals surface area contributed by atoms with Crippen molar-refractivity contribution in [2.45, 2.75) is 33.2 Å². The molecule has 1 heterocycles.